The van der Waals surface area contributed by atoms with E-state index in [1.165, 1.54) is 0 Å². The van der Waals surface area contributed by atoms with Gasteiger partial charge < -0.3 is 10.4 Å². The highest BCUT2D eigenvalue weighted by Gasteiger charge is 2.13. The number of hydrogen-bond donors (Lipinski definition) is 2. The van der Waals surface area contributed by atoms with Gasteiger partial charge in [0.15, 0.2) is 5.82 Å². The SMILES string of the molecule is Cc1nc(NCC(=O)O)c2c(n1)c(C)nn2C. The van der Waals surface area contributed by atoms with Crippen LogP contribution >= 0.6 is 0 Å². The number of rotatable bonds is 3. The summed E-state index contributed by atoms with van der Waals surface area (Å²) in [7, 11) is 1.78. The van der Waals surface area contributed by atoms with E-state index in [0.29, 0.717) is 17.2 Å². The van der Waals surface area contributed by atoms with Crippen molar-refractivity contribution < 1.29 is 9.90 Å². The molecule has 2 aromatic rings. The fraction of sp³-hybridized carbons (Fsp3) is 0.400. The third-order valence-electron chi connectivity index (χ3n) is 2.37. The molecule has 0 amide bonds. The first kappa shape index (κ1) is 11.3. The van der Waals surface area contributed by atoms with Gasteiger partial charge in [0.25, 0.3) is 0 Å². The summed E-state index contributed by atoms with van der Waals surface area (Å²) < 4.78 is 1.65. The smallest absolute Gasteiger partial charge is 0.322 e. The summed E-state index contributed by atoms with van der Waals surface area (Å²) in [6.07, 6.45) is 0. The second-order valence-corrected chi connectivity index (χ2v) is 3.77. The Kier molecular flexibility index (Phi) is 2.66. The van der Waals surface area contributed by atoms with Crippen LogP contribution in [0.3, 0.4) is 0 Å². The van der Waals surface area contributed by atoms with E-state index in [1.54, 1.807) is 18.7 Å². The topological polar surface area (TPSA) is 92.9 Å². The minimum absolute atomic E-state index is 0.185. The number of nitrogens with zero attached hydrogens (tertiary/aromatic N) is 4. The lowest BCUT2D eigenvalue weighted by molar-refractivity contribution is -0.134. The van der Waals surface area contributed by atoms with Gasteiger partial charge in [0, 0.05) is 7.05 Å². The summed E-state index contributed by atoms with van der Waals surface area (Å²) in [5.41, 5.74) is 2.26. The summed E-state index contributed by atoms with van der Waals surface area (Å²) in [4.78, 5) is 19.1. The molecular formula is C10H13N5O2. The number of fused-ring (bicyclic) bond motifs is 1. The Hall–Kier alpha value is -2.18. The number of aromatic nitrogens is 4. The molecule has 7 heteroatoms. The van der Waals surface area contributed by atoms with Crippen molar-refractivity contribution in [3.63, 3.8) is 0 Å². The summed E-state index contributed by atoms with van der Waals surface area (Å²) >= 11 is 0. The van der Waals surface area contributed by atoms with Crippen LogP contribution < -0.4 is 5.32 Å². The molecule has 2 heterocycles. The fourth-order valence-corrected chi connectivity index (χ4v) is 1.73. The minimum Gasteiger partial charge on any atom is -0.480 e. The van der Waals surface area contributed by atoms with Gasteiger partial charge in [-0.15, -0.1) is 0 Å². The van der Waals surface area contributed by atoms with Crippen molar-refractivity contribution >= 4 is 22.8 Å². The van der Waals surface area contributed by atoms with Gasteiger partial charge in [-0.3, -0.25) is 9.48 Å². The number of carboxylic acids is 1. The van der Waals surface area contributed by atoms with E-state index in [2.05, 4.69) is 20.4 Å². The minimum atomic E-state index is -0.937. The first-order chi connectivity index (χ1) is 7.99. The summed E-state index contributed by atoms with van der Waals surface area (Å²) in [5, 5.41) is 15.7. The number of aryl methyl sites for hydroxylation is 3. The third-order valence-corrected chi connectivity index (χ3v) is 2.37. The molecule has 0 bridgehead atoms. The van der Waals surface area contributed by atoms with Gasteiger partial charge in [0.1, 0.15) is 23.4 Å². The summed E-state index contributed by atoms with van der Waals surface area (Å²) in [6, 6.07) is 0. The molecule has 0 saturated carbocycles. The molecule has 0 aliphatic rings. The molecule has 0 aliphatic carbocycles. The zero-order chi connectivity index (χ0) is 12.6. The number of anilines is 1. The second kappa shape index (κ2) is 4.00. The van der Waals surface area contributed by atoms with Crippen molar-refractivity contribution in [1.29, 1.82) is 0 Å². The Balaban J connectivity index is 2.56. The molecular weight excluding hydrogens is 222 g/mol. The normalized spacial score (nSPS) is 10.8. The lowest BCUT2D eigenvalue weighted by atomic mass is 10.3. The van der Waals surface area contributed by atoms with Crippen molar-refractivity contribution in [2.75, 3.05) is 11.9 Å². The van der Waals surface area contributed by atoms with Crippen molar-refractivity contribution in [3.8, 4) is 0 Å². The molecule has 0 unspecified atom stereocenters. The first-order valence-corrected chi connectivity index (χ1v) is 5.12. The van der Waals surface area contributed by atoms with E-state index in [9.17, 15) is 4.79 Å². The Labute approximate surface area is 97.5 Å². The van der Waals surface area contributed by atoms with Gasteiger partial charge in [-0.2, -0.15) is 5.10 Å². The molecule has 0 aliphatic heterocycles. The zero-order valence-corrected chi connectivity index (χ0v) is 9.85. The monoisotopic (exact) mass is 235 g/mol. The number of aliphatic carboxylic acids is 1. The van der Waals surface area contributed by atoms with Crippen molar-refractivity contribution in [2.24, 2.45) is 7.05 Å². The fourth-order valence-electron chi connectivity index (χ4n) is 1.73. The molecule has 7 nitrogen and oxygen atoms in total. The molecule has 2 rings (SSSR count). The van der Waals surface area contributed by atoms with Crippen molar-refractivity contribution in [2.45, 2.75) is 13.8 Å². The van der Waals surface area contributed by atoms with E-state index >= 15 is 0 Å². The molecule has 17 heavy (non-hydrogen) atoms. The molecule has 0 radical (unpaired) electrons. The van der Waals surface area contributed by atoms with Crippen molar-refractivity contribution in [3.05, 3.63) is 11.5 Å². The van der Waals surface area contributed by atoms with Crippen LogP contribution in [0.2, 0.25) is 0 Å². The number of hydrogen-bond acceptors (Lipinski definition) is 5. The van der Waals surface area contributed by atoms with Crippen LogP contribution in [0.4, 0.5) is 5.82 Å². The zero-order valence-electron chi connectivity index (χ0n) is 9.85. The van der Waals surface area contributed by atoms with Gasteiger partial charge in [0.2, 0.25) is 0 Å². The van der Waals surface area contributed by atoms with Gasteiger partial charge in [-0.1, -0.05) is 0 Å². The average Bonchev–Trinajstić information content (AvgIpc) is 2.51. The van der Waals surface area contributed by atoms with Gasteiger partial charge >= 0.3 is 5.97 Å². The van der Waals surface area contributed by atoms with Crippen LogP contribution in [0, 0.1) is 13.8 Å². The van der Waals surface area contributed by atoms with E-state index < -0.39 is 5.97 Å². The highest BCUT2D eigenvalue weighted by Crippen LogP contribution is 2.21. The molecule has 0 aromatic carbocycles. The van der Waals surface area contributed by atoms with Crippen LogP contribution in [-0.2, 0) is 11.8 Å². The van der Waals surface area contributed by atoms with E-state index in [0.717, 1.165) is 11.2 Å². The quantitative estimate of drug-likeness (QED) is 0.803. The number of nitrogens with one attached hydrogen (secondary N) is 1. The second-order valence-electron chi connectivity index (χ2n) is 3.77. The summed E-state index contributed by atoms with van der Waals surface area (Å²) in [5.74, 6) is 0.146. The highest BCUT2D eigenvalue weighted by molar-refractivity contribution is 5.88. The Bertz CT molecular complexity index is 590. The molecule has 0 saturated heterocycles. The van der Waals surface area contributed by atoms with Crippen LogP contribution in [0.1, 0.15) is 11.5 Å². The maximum absolute atomic E-state index is 10.6. The lowest BCUT2D eigenvalue weighted by Gasteiger charge is -2.06. The molecule has 2 N–H and O–H groups in total. The van der Waals surface area contributed by atoms with Gasteiger partial charge in [0.05, 0.1) is 5.69 Å². The molecule has 0 spiro atoms. The van der Waals surface area contributed by atoms with E-state index in [-0.39, 0.29) is 6.54 Å². The molecule has 2 aromatic heterocycles. The Morgan fingerprint density at radius 3 is 2.76 bits per heavy atom. The van der Waals surface area contributed by atoms with Gasteiger partial charge in [-0.25, -0.2) is 9.97 Å². The predicted molar refractivity (Wildman–Crippen MR) is 61.9 cm³/mol. The molecule has 0 fully saturated rings. The van der Waals surface area contributed by atoms with Gasteiger partial charge in [-0.05, 0) is 13.8 Å². The van der Waals surface area contributed by atoms with E-state index in [1.807, 2.05) is 6.92 Å². The maximum Gasteiger partial charge on any atom is 0.322 e. The maximum atomic E-state index is 10.6. The van der Waals surface area contributed by atoms with Crippen LogP contribution in [-0.4, -0.2) is 37.4 Å². The Morgan fingerprint density at radius 1 is 1.41 bits per heavy atom. The Morgan fingerprint density at radius 2 is 2.12 bits per heavy atom. The first-order valence-electron chi connectivity index (χ1n) is 5.12. The van der Waals surface area contributed by atoms with Crippen LogP contribution in [0.5, 0.6) is 0 Å². The highest BCUT2D eigenvalue weighted by atomic mass is 16.4. The average molecular weight is 235 g/mol. The third kappa shape index (κ3) is 2.03. The van der Waals surface area contributed by atoms with E-state index in [4.69, 9.17) is 5.11 Å². The van der Waals surface area contributed by atoms with Crippen LogP contribution in [0.25, 0.3) is 11.0 Å². The number of carbonyl (C=O) groups is 1. The van der Waals surface area contributed by atoms with Crippen LogP contribution in [0.15, 0.2) is 0 Å². The summed E-state index contributed by atoms with van der Waals surface area (Å²) in [6.45, 7) is 3.43. The number of carboxylic acid groups (broad SMARTS) is 1. The molecule has 90 valence electrons. The largest absolute Gasteiger partial charge is 0.480 e. The predicted octanol–water partition coefficient (Wildman–Crippen LogP) is 0.477. The van der Waals surface area contributed by atoms with Crippen molar-refractivity contribution in [1.82, 2.24) is 19.7 Å². The lowest BCUT2D eigenvalue weighted by Crippen LogP contribution is -2.14. The molecule has 0 atom stereocenters. The standard InChI is InChI=1S/C10H13N5O2/c1-5-8-9(15(3)14-5)10(11-4-7(16)17)13-6(2)12-8/h4H2,1-3H3,(H,16,17)(H,11,12,13).